The number of nitrogens with one attached hydrogen (secondary N) is 1. The Balaban J connectivity index is 1.60. The number of nitrogens with two attached hydrogens (primary N) is 1. The first-order valence-corrected chi connectivity index (χ1v) is 12.5. The van der Waals surface area contributed by atoms with Gasteiger partial charge < -0.3 is 25.4 Å². The average molecular weight is 565 g/mol. The second-order valence-corrected chi connectivity index (χ2v) is 10.1. The van der Waals surface area contributed by atoms with Gasteiger partial charge in [-0.3, -0.25) is 4.98 Å². The van der Waals surface area contributed by atoms with Crippen molar-refractivity contribution in [2.45, 2.75) is 46.1 Å². The van der Waals surface area contributed by atoms with Crippen LogP contribution < -0.4 is 20.5 Å². The highest BCUT2D eigenvalue weighted by molar-refractivity contribution is 9.10. The number of ether oxygens (including phenoxy) is 2. The van der Waals surface area contributed by atoms with Gasteiger partial charge in [-0.05, 0) is 58.7 Å². The van der Waals surface area contributed by atoms with E-state index in [1.165, 1.54) is 4.90 Å². The molecule has 0 saturated heterocycles. The zero-order chi connectivity index (χ0) is 26.5. The van der Waals surface area contributed by atoms with Crippen LogP contribution in [0.15, 0.2) is 41.0 Å². The highest BCUT2D eigenvalue weighted by Crippen LogP contribution is 2.33. The maximum atomic E-state index is 14.5. The lowest BCUT2D eigenvalue weighted by molar-refractivity contribution is 0.109. The van der Waals surface area contributed by atoms with Gasteiger partial charge in [0.1, 0.15) is 5.82 Å². The standard InChI is InChI=1S/C26H31BrF2N4O3/c1-5-33(26(2,3)4)25(34)36-22-14-17(28)13-19(29)24(22)35-11-7-6-10-31-23-18-12-16(27)8-9-21(18)32-15-20(23)30/h8-9,12-15H,5-7,10-11,30H2,1-4H3,(H,31,32). The normalized spacial score (nSPS) is 11.4. The van der Waals surface area contributed by atoms with E-state index in [1.807, 2.05) is 39.0 Å². The van der Waals surface area contributed by atoms with Crippen molar-refractivity contribution in [3.63, 3.8) is 0 Å². The van der Waals surface area contributed by atoms with Crippen LogP contribution in [0.2, 0.25) is 0 Å². The van der Waals surface area contributed by atoms with Gasteiger partial charge in [0.2, 0.25) is 0 Å². The molecule has 1 aromatic heterocycles. The minimum Gasteiger partial charge on any atom is -0.487 e. The summed E-state index contributed by atoms with van der Waals surface area (Å²) in [4.78, 5) is 18.4. The zero-order valence-electron chi connectivity index (χ0n) is 20.8. The SMILES string of the molecule is CCN(C(=O)Oc1cc(F)cc(F)c1OCCCCNc1c(N)cnc2ccc(Br)cc12)C(C)(C)C. The van der Waals surface area contributed by atoms with Crippen LogP contribution in [-0.4, -0.2) is 41.2 Å². The summed E-state index contributed by atoms with van der Waals surface area (Å²) in [5.74, 6) is -2.38. The maximum absolute atomic E-state index is 14.5. The van der Waals surface area contributed by atoms with Crippen LogP contribution in [0.4, 0.5) is 25.0 Å². The van der Waals surface area contributed by atoms with Crippen molar-refractivity contribution < 1.29 is 23.0 Å². The summed E-state index contributed by atoms with van der Waals surface area (Å²) in [6, 6.07) is 7.41. The Hall–Kier alpha value is -3.14. The molecule has 1 amide bonds. The highest BCUT2D eigenvalue weighted by Gasteiger charge is 2.28. The van der Waals surface area contributed by atoms with E-state index < -0.39 is 23.3 Å². The number of nitrogen functional groups attached to an aromatic ring is 1. The Labute approximate surface area is 218 Å². The number of carbonyl (C=O) groups excluding carboxylic acids is 1. The first-order chi connectivity index (χ1) is 17.0. The summed E-state index contributed by atoms with van der Waals surface area (Å²) >= 11 is 3.47. The van der Waals surface area contributed by atoms with Crippen LogP contribution >= 0.6 is 15.9 Å². The molecule has 0 radical (unpaired) electrons. The topological polar surface area (TPSA) is 89.7 Å². The van der Waals surface area contributed by atoms with Crippen LogP contribution in [0, 0.1) is 11.6 Å². The molecule has 0 bridgehead atoms. The molecule has 0 spiro atoms. The Bertz CT molecular complexity index is 1230. The first-order valence-electron chi connectivity index (χ1n) is 11.7. The number of benzene rings is 2. The van der Waals surface area contributed by atoms with Crippen LogP contribution in [0.1, 0.15) is 40.5 Å². The zero-order valence-corrected chi connectivity index (χ0v) is 22.4. The van der Waals surface area contributed by atoms with E-state index in [1.54, 1.807) is 13.1 Å². The summed E-state index contributed by atoms with van der Waals surface area (Å²) in [5, 5.41) is 4.23. The van der Waals surface area contributed by atoms with Gasteiger partial charge in [0, 0.05) is 40.6 Å². The van der Waals surface area contributed by atoms with Crippen LogP contribution in [0.5, 0.6) is 11.5 Å². The number of amides is 1. The lowest BCUT2D eigenvalue weighted by Gasteiger charge is -2.33. The Kier molecular flexibility index (Phi) is 8.94. The van der Waals surface area contributed by atoms with Crippen molar-refractivity contribution >= 4 is 44.3 Å². The lowest BCUT2D eigenvalue weighted by atomic mass is 10.1. The molecule has 2 aromatic carbocycles. The van der Waals surface area contributed by atoms with Crippen LogP contribution in [0.3, 0.4) is 0 Å². The smallest absolute Gasteiger partial charge is 0.415 e. The van der Waals surface area contributed by atoms with Gasteiger partial charge in [-0.2, -0.15) is 0 Å². The molecule has 0 aliphatic heterocycles. The third-order valence-corrected chi connectivity index (χ3v) is 5.99. The van der Waals surface area contributed by atoms with Gasteiger partial charge in [-0.15, -0.1) is 0 Å². The molecule has 0 saturated carbocycles. The summed E-state index contributed by atoms with van der Waals surface area (Å²) in [7, 11) is 0. The molecular formula is C26H31BrF2N4O3. The summed E-state index contributed by atoms with van der Waals surface area (Å²) in [6.07, 6.45) is 2.15. The van der Waals surface area contributed by atoms with Crippen molar-refractivity contribution in [1.82, 2.24) is 9.88 Å². The van der Waals surface area contributed by atoms with Crippen molar-refractivity contribution in [2.75, 3.05) is 30.7 Å². The Morgan fingerprint density at radius 1 is 1.19 bits per heavy atom. The second-order valence-electron chi connectivity index (χ2n) is 9.23. The van der Waals surface area contributed by atoms with Crippen molar-refractivity contribution in [3.05, 3.63) is 52.6 Å². The molecule has 10 heteroatoms. The minimum absolute atomic E-state index is 0.143. The number of rotatable bonds is 9. The molecule has 3 N–H and O–H groups in total. The van der Waals surface area contributed by atoms with Crippen molar-refractivity contribution in [2.24, 2.45) is 0 Å². The fourth-order valence-electron chi connectivity index (χ4n) is 3.77. The van der Waals surface area contributed by atoms with E-state index >= 15 is 0 Å². The van der Waals surface area contributed by atoms with Crippen LogP contribution in [-0.2, 0) is 0 Å². The third kappa shape index (κ3) is 6.75. The predicted molar refractivity (Wildman–Crippen MR) is 142 cm³/mol. The maximum Gasteiger partial charge on any atom is 0.415 e. The largest absolute Gasteiger partial charge is 0.487 e. The monoisotopic (exact) mass is 564 g/mol. The fourth-order valence-corrected chi connectivity index (χ4v) is 4.13. The number of anilines is 2. The van der Waals surface area contributed by atoms with Gasteiger partial charge in [-0.25, -0.2) is 13.6 Å². The van der Waals surface area contributed by atoms with E-state index in [9.17, 15) is 13.6 Å². The molecule has 0 aliphatic carbocycles. The Morgan fingerprint density at radius 3 is 2.64 bits per heavy atom. The van der Waals surface area contributed by atoms with Gasteiger partial charge in [0.25, 0.3) is 0 Å². The van der Waals surface area contributed by atoms with Gasteiger partial charge in [0.15, 0.2) is 17.3 Å². The number of halogens is 3. The summed E-state index contributed by atoms with van der Waals surface area (Å²) < 4.78 is 40.2. The number of aromatic nitrogens is 1. The van der Waals surface area contributed by atoms with E-state index in [2.05, 4.69) is 26.2 Å². The van der Waals surface area contributed by atoms with E-state index in [4.69, 9.17) is 15.2 Å². The predicted octanol–water partition coefficient (Wildman–Crippen LogP) is 6.75. The van der Waals surface area contributed by atoms with E-state index in [-0.39, 0.29) is 18.1 Å². The number of fused-ring (bicyclic) bond motifs is 1. The molecule has 0 aliphatic rings. The van der Waals surface area contributed by atoms with Crippen molar-refractivity contribution in [1.29, 1.82) is 0 Å². The minimum atomic E-state index is -0.934. The summed E-state index contributed by atoms with van der Waals surface area (Å²) in [6.45, 7) is 8.43. The van der Waals surface area contributed by atoms with Gasteiger partial charge >= 0.3 is 6.09 Å². The lowest BCUT2D eigenvalue weighted by Crippen LogP contribution is -2.46. The number of hydrogen-bond acceptors (Lipinski definition) is 6. The van der Waals surface area contributed by atoms with Gasteiger partial charge in [0.05, 0.1) is 29.7 Å². The number of hydrogen-bond donors (Lipinski definition) is 2. The molecule has 3 aromatic rings. The average Bonchev–Trinajstić information content (AvgIpc) is 2.78. The fraction of sp³-hybridized carbons (Fsp3) is 0.385. The molecule has 0 fully saturated rings. The Morgan fingerprint density at radius 2 is 1.94 bits per heavy atom. The quantitative estimate of drug-likeness (QED) is 0.279. The van der Waals surface area contributed by atoms with Crippen molar-refractivity contribution in [3.8, 4) is 11.5 Å². The molecular weight excluding hydrogens is 534 g/mol. The number of pyridine rings is 1. The highest BCUT2D eigenvalue weighted by atomic mass is 79.9. The van der Waals surface area contributed by atoms with Gasteiger partial charge in [-0.1, -0.05) is 15.9 Å². The molecule has 3 rings (SSSR count). The number of unbranched alkanes of at least 4 members (excludes halogenated alkanes) is 1. The number of nitrogens with zero attached hydrogens (tertiary/aromatic N) is 2. The number of carbonyl (C=O) groups is 1. The van der Waals surface area contributed by atoms with E-state index in [0.717, 1.165) is 27.1 Å². The van der Waals surface area contributed by atoms with Crippen LogP contribution in [0.25, 0.3) is 10.9 Å². The molecule has 7 nitrogen and oxygen atoms in total. The molecule has 0 atom stereocenters. The first kappa shape index (κ1) is 27.4. The second kappa shape index (κ2) is 11.7. The summed E-state index contributed by atoms with van der Waals surface area (Å²) in [5.41, 5.74) is 7.74. The molecule has 36 heavy (non-hydrogen) atoms. The van der Waals surface area contributed by atoms with E-state index in [0.29, 0.717) is 37.7 Å². The molecule has 0 unspecified atom stereocenters. The third-order valence-electron chi connectivity index (χ3n) is 5.50. The molecule has 1 heterocycles. The molecule has 194 valence electrons.